The molecule has 130 valence electrons. The second kappa shape index (κ2) is 8.33. The summed E-state index contributed by atoms with van der Waals surface area (Å²) in [6.07, 6.45) is 5.75. The van der Waals surface area contributed by atoms with Crippen LogP contribution in [0.25, 0.3) is 10.9 Å². The molecule has 0 aliphatic rings. The second-order valence-electron chi connectivity index (χ2n) is 6.11. The average Bonchev–Trinajstić information content (AvgIpc) is 3.03. The quantitative estimate of drug-likeness (QED) is 0.479. The van der Waals surface area contributed by atoms with Crippen LogP contribution in [0.15, 0.2) is 53.8 Å². The van der Waals surface area contributed by atoms with Gasteiger partial charge in [0.15, 0.2) is 5.96 Å². The monoisotopic (exact) mass is 335 g/mol. The SMILES string of the molecule is CN=C(NCCc1ccccn1)NCCc1c[nH]c2cc(C)ccc12. The van der Waals surface area contributed by atoms with Crippen molar-refractivity contribution in [2.45, 2.75) is 19.8 Å². The van der Waals surface area contributed by atoms with Gasteiger partial charge in [0, 0.05) is 55.5 Å². The van der Waals surface area contributed by atoms with Gasteiger partial charge in [0.25, 0.3) is 0 Å². The molecule has 0 bridgehead atoms. The standard InChI is InChI=1S/C20H25N5/c1-15-6-7-18-16(14-25-19(18)13-15)8-11-23-20(21-2)24-12-9-17-5-3-4-10-22-17/h3-7,10,13-14,25H,8-9,11-12H2,1-2H3,(H2,21,23,24). The number of H-pyrrole nitrogens is 1. The number of aliphatic imine (C=N–C) groups is 1. The minimum Gasteiger partial charge on any atom is -0.361 e. The van der Waals surface area contributed by atoms with Gasteiger partial charge in [0.05, 0.1) is 0 Å². The molecule has 1 aromatic carbocycles. The smallest absolute Gasteiger partial charge is 0.190 e. The van der Waals surface area contributed by atoms with Gasteiger partial charge in [-0.25, -0.2) is 0 Å². The molecule has 25 heavy (non-hydrogen) atoms. The van der Waals surface area contributed by atoms with Crippen molar-refractivity contribution in [3.05, 3.63) is 65.6 Å². The maximum atomic E-state index is 4.33. The van der Waals surface area contributed by atoms with E-state index in [2.05, 4.69) is 56.9 Å². The molecule has 0 saturated heterocycles. The molecule has 3 N–H and O–H groups in total. The first kappa shape index (κ1) is 17.0. The molecule has 5 nitrogen and oxygen atoms in total. The molecule has 2 aromatic heterocycles. The average molecular weight is 335 g/mol. The lowest BCUT2D eigenvalue weighted by molar-refractivity contribution is 0.777. The molecule has 0 unspecified atom stereocenters. The summed E-state index contributed by atoms with van der Waals surface area (Å²) in [5.41, 5.74) is 4.88. The van der Waals surface area contributed by atoms with E-state index in [1.54, 1.807) is 7.05 Å². The van der Waals surface area contributed by atoms with Gasteiger partial charge < -0.3 is 15.6 Å². The van der Waals surface area contributed by atoms with E-state index in [-0.39, 0.29) is 0 Å². The fourth-order valence-corrected chi connectivity index (χ4v) is 2.90. The van der Waals surface area contributed by atoms with Gasteiger partial charge in [-0.05, 0) is 42.7 Å². The van der Waals surface area contributed by atoms with E-state index < -0.39 is 0 Å². The largest absolute Gasteiger partial charge is 0.361 e. The highest BCUT2D eigenvalue weighted by molar-refractivity contribution is 5.84. The van der Waals surface area contributed by atoms with Gasteiger partial charge in [-0.3, -0.25) is 9.98 Å². The molecule has 2 heterocycles. The molecule has 3 aromatic rings. The van der Waals surface area contributed by atoms with E-state index in [0.29, 0.717) is 0 Å². The molecular weight excluding hydrogens is 310 g/mol. The second-order valence-corrected chi connectivity index (χ2v) is 6.11. The lowest BCUT2D eigenvalue weighted by Gasteiger charge is -2.11. The van der Waals surface area contributed by atoms with E-state index >= 15 is 0 Å². The summed E-state index contributed by atoms with van der Waals surface area (Å²) in [4.78, 5) is 12.0. The van der Waals surface area contributed by atoms with Crippen LogP contribution in [0.2, 0.25) is 0 Å². The lowest BCUT2D eigenvalue weighted by atomic mass is 10.1. The lowest BCUT2D eigenvalue weighted by Crippen LogP contribution is -2.39. The Morgan fingerprint density at radius 3 is 2.72 bits per heavy atom. The van der Waals surface area contributed by atoms with E-state index in [4.69, 9.17) is 0 Å². The first-order valence-corrected chi connectivity index (χ1v) is 8.67. The van der Waals surface area contributed by atoms with Crippen LogP contribution in [0.5, 0.6) is 0 Å². The molecule has 0 radical (unpaired) electrons. The first-order chi connectivity index (χ1) is 12.3. The maximum Gasteiger partial charge on any atom is 0.190 e. The normalized spacial score (nSPS) is 11.7. The van der Waals surface area contributed by atoms with Crippen LogP contribution in [0.4, 0.5) is 0 Å². The molecule has 0 atom stereocenters. The predicted octanol–water partition coefficient (Wildman–Crippen LogP) is 2.82. The molecule has 0 aliphatic carbocycles. The Morgan fingerprint density at radius 2 is 1.96 bits per heavy atom. The van der Waals surface area contributed by atoms with Crippen LogP contribution >= 0.6 is 0 Å². The zero-order chi connectivity index (χ0) is 17.5. The minimum atomic E-state index is 0.809. The van der Waals surface area contributed by atoms with Crippen molar-refractivity contribution in [2.75, 3.05) is 20.1 Å². The number of hydrogen-bond donors (Lipinski definition) is 3. The molecular formula is C20H25N5. The first-order valence-electron chi connectivity index (χ1n) is 8.67. The van der Waals surface area contributed by atoms with E-state index in [1.807, 2.05) is 24.4 Å². The van der Waals surface area contributed by atoms with Crippen molar-refractivity contribution in [2.24, 2.45) is 4.99 Å². The van der Waals surface area contributed by atoms with Crippen LogP contribution in [0, 0.1) is 6.92 Å². The Bertz CT molecular complexity index is 836. The number of aromatic amines is 1. The highest BCUT2D eigenvalue weighted by Gasteiger charge is 2.04. The third-order valence-electron chi connectivity index (χ3n) is 4.23. The predicted molar refractivity (Wildman–Crippen MR) is 104 cm³/mol. The summed E-state index contributed by atoms with van der Waals surface area (Å²) < 4.78 is 0. The number of rotatable bonds is 6. The Kier molecular flexibility index (Phi) is 5.67. The summed E-state index contributed by atoms with van der Waals surface area (Å²) in [6.45, 7) is 3.76. The Hall–Kier alpha value is -2.82. The highest BCUT2D eigenvalue weighted by Crippen LogP contribution is 2.19. The topological polar surface area (TPSA) is 65.1 Å². The summed E-state index contributed by atoms with van der Waals surface area (Å²) in [5.74, 6) is 0.826. The molecule has 0 spiro atoms. The van der Waals surface area contributed by atoms with E-state index in [9.17, 15) is 0 Å². The van der Waals surface area contributed by atoms with Crippen molar-refractivity contribution in [1.82, 2.24) is 20.6 Å². The van der Waals surface area contributed by atoms with Crippen molar-refractivity contribution < 1.29 is 0 Å². The van der Waals surface area contributed by atoms with Gasteiger partial charge in [-0.15, -0.1) is 0 Å². The Balaban J connectivity index is 1.46. The van der Waals surface area contributed by atoms with Crippen LogP contribution < -0.4 is 10.6 Å². The van der Waals surface area contributed by atoms with E-state index in [0.717, 1.165) is 37.6 Å². The van der Waals surface area contributed by atoms with Gasteiger partial charge in [0.1, 0.15) is 0 Å². The highest BCUT2D eigenvalue weighted by atomic mass is 15.2. The molecule has 0 aliphatic heterocycles. The Morgan fingerprint density at radius 1 is 1.12 bits per heavy atom. The van der Waals surface area contributed by atoms with E-state index in [1.165, 1.54) is 22.0 Å². The zero-order valence-electron chi connectivity index (χ0n) is 14.8. The third kappa shape index (κ3) is 4.59. The van der Waals surface area contributed by atoms with Crippen LogP contribution in [-0.4, -0.2) is 36.1 Å². The number of nitrogens with one attached hydrogen (secondary N) is 3. The molecule has 0 saturated carbocycles. The van der Waals surface area contributed by atoms with Crippen molar-refractivity contribution >= 4 is 16.9 Å². The molecule has 5 heteroatoms. The summed E-state index contributed by atoms with van der Waals surface area (Å²) in [6, 6.07) is 12.5. The van der Waals surface area contributed by atoms with Gasteiger partial charge in [-0.1, -0.05) is 18.2 Å². The van der Waals surface area contributed by atoms with Crippen molar-refractivity contribution in [3.63, 3.8) is 0 Å². The van der Waals surface area contributed by atoms with Gasteiger partial charge >= 0.3 is 0 Å². The van der Waals surface area contributed by atoms with Gasteiger partial charge in [0.2, 0.25) is 0 Å². The number of pyridine rings is 1. The molecule has 3 rings (SSSR count). The number of aromatic nitrogens is 2. The number of guanidine groups is 1. The number of benzene rings is 1. The number of nitrogens with zero attached hydrogens (tertiary/aromatic N) is 2. The summed E-state index contributed by atoms with van der Waals surface area (Å²) in [5, 5.41) is 8.01. The third-order valence-corrected chi connectivity index (χ3v) is 4.23. The number of aryl methyl sites for hydroxylation is 1. The Labute approximate surface area is 148 Å². The van der Waals surface area contributed by atoms with Crippen LogP contribution in [0.1, 0.15) is 16.8 Å². The fourth-order valence-electron chi connectivity index (χ4n) is 2.90. The number of fused-ring (bicyclic) bond motifs is 1. The van der Waals surface area contributed by atoms with Crippen LogP contribution in [0.3, 0.4) is 0 Å². The van der Waals surface area contributed by atoms with Crippen molar-refractivity contribution in [3.8, 4) is 0 Å². The van der Waals surface area contributed by atoms with Crippen LogP contribution in [-0.2, 0) is 12.8 Å². The zero-order valence-corrected chi connectivity index (χ0v) is 14.8. The van der Waals surface area contributed by atoms with Crippen molar-refractivity contribution in [1.29, 1.82) is 0 Å². The molecule has 0 amide bonds. The fraction of sp³-hybridized carbons (Fsp3) is 0.300. The van der Waals surface area contributed by atoms with Gasteiger partial charge in [-0.2, -0.15) is 0 Å². The minimum absolute atomic E-state index is 0.809. The maximum absolute atomic E-state index is 4.33. The number of hydrogen-bond acceptors (Lipinski definition) is 2. The molecule has 0 fully saturated rings. The summed E-state index contributed by atoms with van der Waals surface area (Å²) in [7, 11) is 1.80. The summed E-state index contributed by atoms with van der Waals surface area (Å²) >= 11 is 0.